The Labute approximate surface area is 301 Å². The Morgan fingerprint density at radius 2 is 1.98 bits per heavy atom. The standard InChI is InChI=1S/C32H37ClN8O7S2/c1-32(2,31(46)47)48-39-23(19-9-5-11-22(36)50-26(19)33)27(42)38-24-28(43)41-25(30(44)45)18(17-49-29(24)41)8-6-15-40-14-4-3-10-20(35)21(16-40)37-13-7-12-34/h3-6,8-11,14,16,24,29,35,37H,7,12-13,15,17,34,36H2,1-2H3,(H3,38,42,44,45,46,47)/p+1/b8-6+,10-3+,14-4+,21-16?,39-23-/t24-,29?/m1/s1. The van der Waals surface area contributed by atoms with Gasteiger partial charge < -0.3 is 42.9 Å². The van der Waals surface area contributed by atoms with Crippen molar-refractivity contribution in [3.63, 3.8) is 0 Å². The highest BCUT2D eigenvalue weighted by atomic mass is 35.5. The normalized spacial score (nSPS) is 25.0. The van der Waals surface area contributed by atoms with Gasteiger partial charge >= 0.3 is 11.9 Å². The zero-order chi connectivity index (χ0) is 36.6. The Kier molecular flexibility index (Phi) is 12.8. The lowest BCUT2D eigenvalue weighted by Crippen LogP contribution is -2.71. The molecule has 2 atom stereocenters. The van der Waals surface area contributed by atoms with E-state index in [1.807, 2.05) is 23.1 Å². The smallest absolute Gasteiger partial charge is 0.352 e. The van der Waals surface area contributed by atoms with Crippen LogP contribution in [-0.2, 0) is 24.0 Å². The fraction of sp³-hybridized carbons (Fsp3) is 0.312. The summed E-state index contributed by atoms with van der Waals surface area (Å²) in [5.74, 6) is -3.95. The van der Waals surface area contributed by atoms with Gasteiger partial charge in [-0.25, -0.2) is 9.59 Å². The minimum absolute atomic E-state index is 0.0538. The summed E-state index contributed by atoms with van der Waals surface area (Å²) in [7, 11) is 0. The van der Waals surface area contributed by atoms with Crippen LogP contribution >= 0.6 is 35.1 Å². The fourth-order valence-electron chi connectivity index (χ4n) is 4.66. The molecule has 0 aliphatic carbocycles. The molecule has 4 rings (SSSR count). The molecule has 4 aliphatic heterocycles. The van der Waals surface area contributed by atoms with E-state index in [2.05, 4.69) is 15.8 Å². The topological polar surface area (TPSA) is 239 Å². The van der Waals surface area contributed by atoms with E-state index in [1.54, 1.807) is 30.4 Å². The first-order chi connectivity index (χ1) is 23.7. The Morgan fingerprint density at radius 1 is 1.22 bits per heavy atom. The Hall–Kier alpha value is -4.71. The minimum atomic E-state index is -1.81. The highest BCUT2D eigenvalue weighted by Crippen LogP contribution is 2.41. The molecular formula is C32H38ClN8O7S2+. The van der Waals surface area contributed by atoms with Crippen molar-refractivity contribution < 1.29 is 38.8 Å². The first-order valence-electron chi connectivity index (χ1n) is 15.2. The Balaban J connectivity index is 1.53. The number of β-lactam (4-membered cyclic amide) rings is 1. The third kappa shape index (κ3) is 9.09. The van der Waals surface area contributed by atoms with Crippen LogP contribution in [0.2, 0.25) is 0 Å². The maximum absolute atomic E-state index is 13.6. The second kappa shape index (κ2) is 16.8. The van der Waals surface area contributed by atoms with Crippen molar-refractivity contribution in [2.45, 2.75) is 37.3 Å². The summed E-state index contributed by atoms with van der Waals surface area (Å²) in [4.78, 5) is 57.4. The maximum Gasteiger partial charge on any atom is 0.352 e. The van der Waals surface area contributed by atoms with E-state index in [1.165, 1.54) is 37.8 Å². The number of nitrogens with two attached hydrogens (primary N) is 3. The summed E-state index contributed by atoms with van der Waals surface area (Å²) in [6, 6.07) is -1.12. The van der Waals surface area contributed by atoms with Gasteiger partial charge in [-0.3, -0.25) is 14.5 Å². The van der Waals surface area contributed by atoms with Crippen molar-refractivity contribution in [1.82, 2.24) is 15.5 Å². The summed E-state index contributed by atoms with van der Waals surface area (Å²) in [6.45, 7) is 4.03. The van der Waals surface area contributed by atoms with Gasteiger partial charge in [0.15, 0.2) is 24.7 Å². The number of allylic oxidation sites excluding steroid dienone is 8. The van der Waals surface area contributed by atoms with Gasteiger partial charge in [0.25, 0.3) is 11.8 Å². The fourth-order valence-corrected chi connectivity index (χ4v) is 7.02. The number of nitrogens with one attached hydrogen (secondary N) is 2. The number of carboxylic acids is 2. The van der Waals surface area contributed by atoms with Crippen LogP contribution in [0.3, 0.4) is 0 Å². The van der Waals surface area contributed by atoms with E-state index in [-0.39, 0.29) is 21.4 Å². The van der Waals surface area contributed by atoms with Gasteiger partial charge in [0.2, 0.25) is 5.60 Å². The summed E-state index contributed by atoms with van der Waals surface area (Å²) >= 11 is 8.64. The van der Waals surface area contributed by atoms with Crippen LogP contribution < -0.4 is 27.8 Å². The molecule has 0 radical (unpaired) electrons. The first kappa shape index (κ1) is 38.1. The summed E-state index contributed by atoms with van der Waals surface area (Å²) < 4.78 is 1.92. The molecular weight excluding hydrogens is 708 g/mol. The van der Waals surface area contributed by atoms with Crippen molar-refractivity contribution in [3.8, 4) is 0 Å². The van der Waals surface area contributed by atoms with E-state index in [9.17, 15) is 29.4 Å². The number of carbonyl (C=O) groups is 4. The molecule has 266 valence electrons. The van der Waals surface area contributed by atoms with Gasteiger partial charge in [-0.05, 0) is 50.6 Å². The average molecular weight is 746 g/mol. The summed E-state index contributed by atoms with van der Waals surface area (Å²) in [5.41, 5.74) is 17.0. The lowest BCUT2D eigenvalue weighted by molar-refractivity contribution is -0.439. The lowest BCUT2D eigenvalue weighted by Gasteiger charge is -2.49. The SMILES string of the molecule is CC(C)(O/N=C(\C(=O)N[C@@H]1C(=O)N2C(C(=O)O)=C(/C=C/C[N+]3=C/C(NCCCN)=C(N)\C=C\C=C\3)CSC12)C1=C(Cl)SC(N)=CC=C1)C(=O)O. The van der Waals surface area contributed by atoms with E-state index in [4.69, 9.17) is 33.6 Å². The zero-order valence-corrected chi connectivity index (χ0v) is 29.6. The molecule has 1 unspecified atom stereocenters. The van der Waals surface area contributed by atoms with Crippen molar-refractivity contribution in [2.24, 2.45) is 22.4 Å². The monoisotopic (exact) mass is 745 g/mol. The zero-order valence-electron chi connectivity index (χ0n) is 27.2. The van der Waals surface area contributed by atoms with Gasteiger partial charge in [-0.15, -0.1) is 11.8 Å². The predicted molar refractivity (Wildman–Crippen MR) is 193 cm³/mol. The number of carbonyl (C=O) groups excluding carboxylic acids is 2. The van der Waals surface area contributed by atoms with Gasteiger partial charge in [-0.1, -0.05) is 52.8 Å². The van der Waals surface area contributed by atoms with Crippen LogP contribution in [0.1, 0.15) is 20.3 Å². The second-order valence-corrected chi connectivity index (χ2v) is 14.3. The first-order valence-corrected chi connectivity index (χ1v) is 17.5. The Morgan fingerprint density at radius 3 is 2.68 bits per heavy atom. The quantitative estimate of drug-likeness (QED) is 0.0438. The molecule has 4 heterocycles. The number of oxime groups is 1. The molecule has 0 aromatic carbocycles. The maximum atomic E-state index is 13.6. The molecule has 2 amide bonds. The van der Waals surface area contributed by atoms with E-state index < -0.39 is 46.5 Å². The average Bonchev–Trinajstić information content (AvgIpc) is 3.22. The number of rotatable bonds is 14. The number of nitrogens with zero attached hydrogens (tertiary/aromatic N) is 3. The molecule has 0 saturated carbocycles. The molecule has 1 fully saturated rings. The molecule has 18 heteroatoms. The molecule has 50 heavy (non-hydrogen) atoms. The third-order valence-electron chi connectivity index (χ3n) is 7.38. The van der Waals surface area contributed by atoms with Crippen LogP contribution in [0, 0.1) is 0 Å². The van der Waals surface area contributed by atoms with Crippen LogP contribution in [0.4, 0.5) is 0 Å². The molecule has 0 bridgehead atoms. The van der Waals surface area contributed by atoms with Crippen molar-refractivity contribution in [3.05, 3.63) is 92.4 Å². The number of aliphatic carboxylic acids is 2. The van der Waals surface area contributed by atoms with Gasteiger partial charge in [0, 0.05) is 23.9 Å². The molecule has 0 aromatic heterocycles. The molecule has 0 aromatic rings. The van der Waals surface area contributed by atoms with Crippen molar-refractivity contribution in [2.75, 3.05) is 25.4 Å². The van der Waals surface area contributed by atoms with Crippen LogP contribution in [-0.4, -0.2) is 97.8 Å². The van der Waals surface area contributed by atoms with Crippen LogP contribution in [0.25, 0.3) is 0 Å². The second-order valence-electron chi connectivity index (χ2n) is 11.5. The highest BCUT2D eigenvalue weighted by molar-refractivity contribution is 8.08. The number of hydrogen-bond donors (Lipinski definition) is 7. The summed E-state index contributed by atoms with van der Waals surface area (Å²) in [5, 5.41) is 28.9. The third-order valence-corrected chi connectivity index (χ3v) is 9.89. The number of carboxylic acid groups (broad SMARTS) is 2. The number of hydrogen-bond acceptors (Lipinski definition) is 12. The van der Waals surface area contributed by atoms with E-state index in [0.717, 1.165) is 23.1 Å². The van der Waals surface area contributed by atoms with E-state index in [0.29, 0.717) is 41.6 Å². The molecule has 1 saturated heterocycles. The molecule has 4 aliphatic rings. The number of amides is 2. The molecule has 10 N–H and O–H groups in total. The van der Waals surface area contributed by atoms with Crippen molar-refractivity contribution >= 4 is 70.8 Å². The van der Waals surface area contributed by atoms with Crippen molar-refractivity contribution in [1.29, 1.82) is 0 Å². The number of fused-ring (bicyclic) bond motifs is 1. The minimum Gasteiger partial charge on any atom is -0.478 e. The summed E-state index contributed by atoms with van der Waals surface area (Å²) in [6.07, 6.45) is 17.8. The lowest BCUT2D eigenvalue weighted by atomic mass is 10.0. The van der Waals surface area contributed by atoms with E-state index >= 15 is 0 Å². The van der Waals surface area contributed by atoms with Crippen LogP contribution in [0.15, 0.2) is 97.6 Å². The predicted octanol–water partition coefficient (Wildman–Crippen LogP) is 1.35. The van der Waals surface area contributed by atoms with Crippen LogP contribution in [0.5, 0.6) is 0 Å². The molecule has 15 nitrogen and oxygen atoms in total. The van der Waals surface area contributed by atoms with Gasteiger partial charge in [0.05, 0.1) is 15.1 Å². The van der Waals surface area contributed by atoms with Gasteiger partial charge in [0.1, 0.15) is 22.8 Å². The number of halogens is 1. The number of thioether (sulfide) groups is 2. The largest absolute Gasteiger partial charge is 0.478 e. The molecule has 0 spiro atoms. The Bertz CT molecular complexity index is 1760. The highest BCUT2D eigenvalue weighted by Gasteiger charge is 2.54. The van der Waals surface area contributed by atoms with Gasteiger partial charge in [-0.2, -0.15) is 4.58 Å².